The zero-order valence-electron chi connectivity index (χ0n) is 78.5. The Balaban J connectivity index is 0.000000112. The summed E-state index contributed by atoms with van der Waals surface area (Å²) >= 11 is 0. The lowest BCUT2D eigenvalue weighted by Gasteiger charge is -2.17. The summed E-state index contributed by atoms with van der Waals surface area (Å²) < 4.78 is 105. The van der Waals surface area contributed by atoms with E-state index in [4.69, 9.17) is 27.0 Å². The molecule has 3 aromatic heterocycles. The van der Waals surface area contributed by atoms with E-state index in [0.29, 0.717) is 11.1 Å². The van der Waals surface area contributed by atoms with Crippen molar-refractivity contribution in [2.24, 2.45) is 0 Å². The largest absolute Gasteiger partial charge is 0.455 e. The van der Waals surface area contributed by atoms with Gasteiger partial charge in [-0.3, -0.25) is 0 Å². The predicted octanol–water partition coefficient (Wildman–Crippen LogP) is 35.5. The number of fused-ring (bicyclic) bond motifs is 16. The fraction of sp³-hybridized carbons (Fsp3) is 0. The van der Waals surface area contributed by atoms with Crippen LogP contribution >= 0.6 is 0 Å². The van der Waals surface area contributed by atoms with Gasteiger partial charge >= 0.3 is 0 Å². The Bertz CT molecular complexity index is 9240. The third-order valence-electron chi connectivity index (χ3n) is 25.2. The molecule has 0 atom stereocenters. The minimum absolute atomic E-state index is 0.206. The van der Waals surface area contributed by atoms with E-state index >= 15 is 0 Å². The van der Waals surface area contributed by atoms with Gasteiger partial charge in [0.25, 0.3) is 0 Å². The molecule has 3 nitrogen and oxygen atoms in total. The van der Waals surface area contributed by atoms with Crippen molar-refractivity contribution in [2.75, 3.05) is 0 Å². The molecule has 23 aromatic carbocycles. The molecule has 0 saturated carbocycles. The van der Waals surface area contributed by atoms with Crippen LogP contribution in [0.15, 0.2) is 486 Å². The summed E-state index contributed by atoms with van der Waals surface area (Å²) in [6, 6.07) is 140. The summed E-state index contributed by atoms with van der Waals surface area (Å²) in [5.74, 6) is 0. The van der Waals surface area contributed by atoms with Crippen LogP contribution in [0, 0.1) is 0 Å². The zero-order chi connectivity index (χ0) is 92.5. The first kappa shape index (κ1) is 64.2. The van der Waals surface area contributed by atoms with E-state index in [2.05, 4.69) is 285 Å². The summed E-state index contributed by atoms with van der Waals surface area (Å²) in [4.78, 5) is 0. The number of para-hydroxylation sites is 3. The normalized spacial score (nSPS) is 12.7. The van der Waals surface area contributed by atoms with E-state index in [1.54, 1.807) is 0 Å². The first-order chi connectivity index (χ1) is 67.2. The highest BCUT2D eigenvalue weighted by molar-refractivity contribution is 6.26. The Morgan fingerprint density at radius 1 is 0.142 bits per heavy atom. The second-order valence-electron chi connectivity index (χ2n) is 32.2. The molecule has 0 amide bonds. The highest BCUT2D eigenvalue weighted by Crippen LogP contribution is 2.51. The molecular formula is C124H78O3. The standard InChI is InChI=1S/C44H28O.C42H26O.C38H24O/c1-3-12-29(13-4-1)30-22-24-31(25-23-30)34-20-11-21-39-40-28-33(26-27-41(40)45-44(34)39)43-37-18-9-7-16-35(37)42(32-14-5-2-6-15-32)36-17-8-10-19-38(36)43;1-2-13-28(14-3-1)40-32-17-6-8-19-34(32)41(35-20-9-7-18-33(35)40)29-24-25-39-38(26-29)37-23-11-22-36(42(37)43-39)31-21-10-15-27-12-4-5-16-30(27)31;1-3-12-25(13-4-1)28-20-11-21-33-34-24-27(22-23-35(34)39-38(28)33)37-31-18-9-7-16-29(31)36(26-14-5-2-6-15-26)30-17-8-10-19-32(30)37/h1-28H;1-26H;1-24H/i;1D,2D,3D,13D,14D;2D,5D,6D,14D,15D. The highest BCUT2D eigenvalue weighted by atomic mass is 16.3. The van der Waals surface area contributed by atoms with Crippen LogP contribution in [-0.2, 0) is 0 Å². The van der Waals surface area contributed by atoms with Gasteiger partial charge < -0.3 is 13.3 Å². The molecule has 0 saturated heterocycles. The minimum atomic E-state index is -0.400. The van der Waals surface area contributed by atoms with Gasteiger partial charge in [-0.05, 0) is 206 Å². The van der Waals surface area contributed by atoms with E-state index in [-0.39, 0.29) is 59.5 Å². The lowest BCUT2D eigenvalue weighted by molar-refractivity contribution is 0.669. The van der Waals surface area contributed by atoms with E-state index in [1.807, 2.05) is 127 Å². The number of rotatable bonds is 10. The smallest absolute Gasteiger partial charge is 0.143 e. The predicted molar refractivity (Wildman–Crippen MR) is 538 cm³/mol. The minimum Gasteiger partial charge on any atom is -0.455 e. The van der Waals surface area contributed by atoms with Crippen LogP contribution in [0.1, 0.15) is 13.7 Å². The maximum Gasteiger partial charge on any atom is 0.143 e. The molecular weight excluding hydrogens is 1540 g/mol. The fourth-order valence-electron chi connectivity index (χ4n) is 19.6. The zero-order valence-corrected chi connectivity index (χ0v) is 68.5. The molecule has 0 bridgehead atoms. The van der Waals surface area contributed by atoms with Crippen LogP contribution < -0.4 is 0 Å². The molecule has 592 valence electrons. The Hall–Kier alpha value is -16.7. The Morgan fingerprint density at radius 3 is 0.748 bits per heavy atom. The van der Waals surface area contributed by atoms with Gasteiger partial charge in [-0.15, -0.1) is 0 Å². The summed E-state index contributed by atoms with van der Waals surface area (Å²) in [5, 5.41) is 20.7. The molecule has 0 aliphatic heterocycles. The van der Waals surface area contributed by atoms with Crippen LogP contribution in [0.5, 0.6) is 0 Å². The molecule has 0 spiro atoms. The van der Waals surface area contributed by atoms with Crippen LogP contribution in [0.2, 0.25) is 0 Å². The number of hydrogen-bond donors (Lipinski definition) is 0. The van der Waals surface area contributed by atoms with Gasteiger partial charge in [0.2, 0.25) is 0 Å². The molecule has 127 heavy (non-hydrogen) atoms. The average molecular weight is 1630 g/mol. The molecule has 0 aliphatic carbocycles. The Morgan fingerprint density at radius 2 is 0.378 bits per heavy atom. The average Bonchev–Trinajstić information content (AvgIpc) is 1.12. The van der Waals surface area contributed by atoms with Gasteiger partial charge in [-0.2, -0.15) is 0 Å². The lowest BCUT2D eigenvalue weighted by atomic mass is 9.86. The molecule has 0 N–H and O–H groups in total. The van der Waals surface area contributed by atoms with Crippen LogP contribution in [-0.4, -0.2) is 0 Å². The quantitative estimate of drug-likeness (QED) is 0.128. The van der Waals surface area contributed by atoms with Crippen LogP contribution in [0.3, 0.4) is 0 Å². The van der Waals surface area contributed by atoms with Crippen molar-refractivity contribution in [3.63, 3.8) is 0 Å². The lowest BCUT2D eigenvalue weighted by Crippen LogP contribution is -1.90. The third kappa shape index (κ3) is 12.8. The summed E-state index contributed by atoms with van der Waals surface area (Å²) in [6.07, 6.45) is 0. The van der Waals surface area contributed by atoms with E-state index < -0.39 is 12.1 Å². The molecule has 0 aliphatic rings. The van der Waals surface area contributed by atoms with Crippen molar-refractivity contribution in [1.82, 2.24) is 0 Å². The van der Waals surface area contributed by atoms with Gasteiger partial charge in [0.05, 0.1) is 13.7 Å². The van der Waals surface area contributed by atoms with Gasteiger partial charge in [0.1, 0.15) is 33.5 Å². The van der Waals surface area contributed by atoms with Gasteiger partial charge in [0.15, 0.2) is 0 Å². The molecule has 3 heteroatoms. The van der Waals surface area contributed by atoms with Crippen molar-refractivity contribution < 1.29 is 27.0 Å². The third-order valence-corrected chi connectivity index (χ3v) is 25.2. The topological polar surface area (TPSA) is 39.4 Å². The van der Waals surface area contributed by atoms with Crippen molar-refractivity contribution in [2.45, 2.75) is 0 Å². The van der Waals surface area contributed by atoms with Crippen molar-refractivity contribution >= 4 is 141 Å². The maximum absolute atomic E-state index is 8.83. The number of hydrogen-bond acceptors (Lipinski definition) is 3. The van der Waals surface area contributed by atoms with Gasteiger partial charge in [-0.1, -0.05) is 437 Å². The molecule has 26 rings (SSSR count). The summed E-state index contributed by atoms with van der Waals surface area (Å²) in [6.45, 7) is 0. The van der Waals surface area contributed by atoms with Crippen LogP contribution in [0.4, 0.5) is 0 Å². The second kappa shape index (κ2) is 31.3. The second-order valence-corrected chi connectivity index (χ2v) is 32.2. The van der Waals surface area contributed by atoms with Gasteiger partial charge in [-0.25, -0.2) is 0 Å². The SMILES string of the molecule is [2H]c1c([2H])c([2H])c(-c2c3ccccc3c(-c3ccc4oc5c(-c6cccc7ccccc67)cccc5c4c3)c3ccccc23)c([2H])c1[2H].[2H]c1c([2H])c([2H])c(-c2c3ccccc3c(-c3ccc4oc5c(-c6ccccc6)cccc5c4c3)c3ccccc23)c([2H])c1[2H].c1ccc(-c2ccc(-c3cccc4c3oc3ccc(-c5c6ccccc6c(-c6ccccc6)c6ccccc56)cc34)cc2)cc1. The fourth-order valence-corrected chi connectivity index (χ4v) is 19.6. The number of benzene rings is 23. The highest BCUT2D eigenvalue weighted by Gasteiger charge is 2.25. The van der Waals surface area contributed by atoms with Crippen LogP contribution in [0.25, 0.3) is 252 Å². The van der Waals surface area contributed by atoms with E-state index in [0.717, 1.165) is 165 Å². The van der Waals surface area contributed by atoms with Crippen molar-refractivity contribution in [3.05, 3.63) is 473 Å². The Kier molecular flexibility index (Phi) is 15.8. The first-order valence-electron chi connectivity index (χ1n) is 47.8. The molecule has 3 heterocycles. The Labute approximate surface area is 747 Å². The van der Waals surface area contributed by atoms with Crippen molar-refractivity contribution in [3.8, 4) is 111 Å². The van der Waals surface area contributed by atoms with E-state index in [9.17, 15) is 0 Å². The summed E-state index contributed by atoms with van der Waals surface area (Å²) in [5.41, 5.74) is 24.8. The first-order valence-corrected chi connectivity index (χ1v) is 42.8. The van der Waals surface area contributed by atoms with Crippen molar-refractivity contribution in [1.29, 1.82) is 0 Å². The number of furan rings is 3. The monoisotopic (exact) mass is 1620 g/mol. The molecule has 0 fully saturated rings. The summed E-state index contributed by atoms with van der Waals surface area (Å²) in [7, 11) is 0. The van der Waals surface area contributed by atoms with Gasteiger partial charge in [0, 0.05) is 49.0 Å². The molecule has 0 radical (unpaired) electrons. The molecule has 0 unspecified atom stereocenters. The molecule has 26 aromatic rings. The maximum atomic E-state index is 8.83. The van der Waals surface area contributed by atoms with E-state index in [1.165, 1.54) is 65.7 Å².